The molecular weight excluding hydrogens is 304 g/mol. The molecule has 0 bridgehead atoms. The molecule has 2 aromatic heterocycles. The minimum Gasteiger partial charge on any atom is -0.497 e. The van der Waals surface area contributed by atoms with Crippen LogP contribution in [0.15, 0.2) is 48.7 Å². The Morgan fingerprint density at radius 3 is 2.74 bits per heavy atom. The molecule has 2 heterocycles. The smallest absolute Gasteiger partial charge is 0.140 e. The number of rotatable bonds is 4. The van der Waals surface area contributed by atoms with Crippen molar-refractivity contribution in [2.45, 2.75) is 13.3 Å². The number of nitriles is 1. The van der Waals surface area contributed by atoms with Crippen molar-refractivity contribution in [3.8, 4) is 22.3 Å². The molecular formula is C19H16N2OS. The molecule has 0 aliphatic heterocycles. The third-order valence-corrected chi connectivity index (χ3v) is 4.88. The lowest BCUT2D eigenvalue weighted by Crippen LogP contribution is -1.91. The van der Waals surface area contributed by atoms with Gasteiger partial charge in [-0.2, -0.15) is 5.26 Å². The van der Waals surface area contributed by atoms with Crippen LogP contribution < -0.4 is 4.74 Å². The van der Waals surface area contributed by atoms with E-state index in [9.17, 15) is 0 Å². The molecule has 3 rings (SSSR count). The summed E-state index contributed by atoms with van der Waals surface area (Å²) < 4.78 is 5.31. The van der Waals surface area contributed by atoms with Crippen LogP contribution in [0.1, 0.15) is 21.7 Å². The molecule has 0 saturated carbocycles. The average molecular weight is 320 g/mol. The van der Waals surface area contributed by atoms with Crippen molar-refractivity contribution in [3.05, 3.63) is 70.4 Å². The van der Waals surface area contributed by atoms with Gasteiger partial charge in [0.05, 0.1) is 7.11 Å². The first kappa shape index (κ1) is 15.3. The largest absolute Gasteiger partial charge is 0.497 e. The molecule has 23 heavy (non-hydrogen) atoms. The van der Waals surface area contributed by atoms with Gasteiger partial charge in [-0.05, 0) is 54.4 Å². The first-order chi connectivity index (χ1) is 11.2. The van der Waals surface area contributed by atoms with E-state index in [1.165, 1.54) is 16.0 Å². The van der Waals surface area contributed by atoms with E-state index in [1.54, 1.807) is 30.7 Å². The third-order valence-electron chi connectivity index (χ3n) is 3.75. The van der Waals surface area contributed by atoms with Gasteiger partial charge in [-0.1, -0.05) is 6.07 Å². The van der Waals surface area contributed by atoms with Gasteiger partial charge >= 0.3 is 0 Å². The van der Waals surface area contributed by atoms with E-state index < -0.39 is 0 Å². The van der Waals surface area contributed by atoms with E-state index in [2.05, 4.69) is 36.2 Å². The van der Waals surface area contributed by atoms with Gasteiger partial charge in [0.25, 0.3) is 0 Å². The van der Waals surface area contributed by atoms with Crippen LogP contribution in [0.4, 0.5) is 0 Å². The van der Waals surface area contributed by atoms with Crippen molar-refractivity contribution < 1.29 is 4.74 Å². The van der Waals surface area contributed by atoms with Crippen LogP contribution in [0.3, 0.4) is 0 Å². The lowest BCUT2D eigenvalue weighted by molar-refractivity contribution is 0.414. The molecule has 0 atom stereocenters. The van der Waals surface area contributed by atoms with Gasteiger partial charge in [0.2, 0.25) is 0 Å². The van der Waals surface area contributed by atoms with E-state index >= 15 is 0 Å². The van der Waals surface area contributed by atoms with E-state index in [0.717, 1.165) is 22.6 Å². The molecule has 3 aromatic rings. The predicted molar refractivity (Wildman–Crippen MR) is 92.8 cm³/mol. The second kappa shape index (κ2) is 6.64. The molecule has 0 amide bonds. The number of thiophene rings is 1. The Balaban J connectivity index is 1.83. The van der Waals surface area contributed by atoms with E-state index in [0.29, 0.717) is 5.69 Å². The summed E-state index contributed by atoms with van der Waals surface area (Å²) in [5, 5.41) is 8.82. The maximum atomic E-state index is 8.82. The highest BCUT2D eigenvalue weighted by Crippen LogP contribution is 2.30. The van der Waals surface area contributed by atoms with Crippen LogP contribution in [0.2, 0.25) is 0 Å². The summed E-state index contributed by atoms with van der Waals surface area (Å²) in [4.78, 5) is 6.59. The molecule has 0 spiro atoms. The summed E-state index contributed by atoms with van der Waals surface area (Å²) in [6.07, 6.45) is 2.64. The van der Waals surface area contributed by atoms with Gasteiger partial charge in [0, 0.05) is 27.9 Å². The fourth-order valence-electron chi connectivity index (χ4n) is 2.39. The number of aromatic nitrogens is 1. The fourth-order valence-corrected chi connectivity index (χ4v) is 3.41. The maximum absolute atomic E-state index is 8.82. The molecule has 0 fully saturated rings. The van der Waals surface area contributed by atoms with E-state index in [4.69, 9.17) is 10.00 Å². The Hall–Kier alpha value is -2.64. The van der Waals surface area contributed by atoms with Gasteiger partial charge in [0.15, 0.2) is 0 Å². The SMILES string of the molecule is COc1ccc(C)c(Cc2ccc(-c3ccc(C#N)nc3)s2)c1. The Labute approximate surface area is 139 Å². The Morgan fingerprint density at radius 2 is 2.04 bits per heavy atom. The third kappa shape index (κ3) is 3.41. The minimum atomic E-state index is 0.442. The van der Waals surface area contributed by atoms with Crippen LogP contribution in [-0.4, -0.2) is 12.1 Å². The Kier molecular flexibility index (Phi) is 4.40. The molecule has 4 heteroatoms. The monoisotopic (exact) mass is 320 g/mol. The van der Waals surface area contributed by atoms with Crippen molar-refractivity contribution in [1.82, 2.24) is 4.98 Å². The summed E-state index contributed by atoms with van der Waals surface area (Å²) in [6.45, 7) is 2.12. The van der Waals surface area contributed by atoms with Gasteiger partial charge in [-0.15, -0.1) is 11.3 Å². The molecule has 0 aliphatic carbocycles. The van der Waals surface area contributed by atoms with E-state index in [1.807, 2.05) is 18.2 Å². The molecule has 1 aromatic carbocycles. The average Bonchev–Trinajstić information content (AvgIpc) is 3.05. The Bertz CT molecular complexity index is 860. The second-order valence-electron chi connectivity index (χ2n) is 5.28. The van der Waals surface area contributed by atoms with E-state index in [-0.39, 0.29) is 0 Å². The summed E-state index contributed by atoms with van der Waals surface area (Å²) in [5.41, 5.74) is 4.02. The highest BCUT2D eigenvalue weighted by molar-refractivity contribution is 7.15. The van der Waals surface area contributed by atoms with Crippen LogP contribution in [0.25, 0.3) is 10.4 Å². The summed E-state index contributed by atoms with van der Waals surface area (Å²) >= 11 is 1.75. The highest BCUT2D eigenvalue weighted by atomic mass is 32.1. The number of hydrogen-bond donors (Lipinski definition) is 0. The van der Waals surface area contributed by atoms with Crippen molar-refractivity contribution >= 4 is 11.3 Å². The van der Waals surface area contributed by atoms with Gasteiger partial charge in [0.1, 0.15) is 17.5 Å². The quantitative estimate of drug-likeness (QED) is 0.706. The Morgan fingerprint density at radius 1 is 1.17 bits per heavy atom. The summed E-state index contributed by atoms with van der Waals surface area (Å²) in [7, 11) is 1.69. The highest BCUT2D eigenvalue weighted by Gasteiger charge is 2.07. The fraction of sp³-hybridized carbons (Fsp3) is 0.158. The zero-order valence-corrected chi connectivity index (χ0v) is 13.9. The number of ether oxygens (including phenoxy) is 1. The number of nitrogens with zero attached hydrogens (tertiary/aromatic N) is 2. The zero-order chi connectivity index (χ0) is 16.2. The first-order valence-electron chi connectivity index (χ1n) is 7.28. The minimum absolute atomic E-state index is 0.442. The van der Waals surface area contributed by atoms with Crippen LogP contribution in [-0.2, 0) is 6.42 Å². The van der Waals surface area contributed by atoms with Gasteiger partial charge < -0.3 is 4.74 Å². The van der Waals surface area contributed by atoms with Crippen molar-refractivity contribution in [1.29, 1.82) is 5.26 Å². The number of benzene rings is 1. The normalized spacial score (nSPS) is 10.3. The second-order valence-corrected chi connectivity index (χ2v) is 6.45. The summed E-state index contributed by atoms with van der Waals surface area (Å²) in [6, 6.07) is 16.2. The molecule has 0 saturated heterocycles. The first-order valence-corrected chi connectivity index (χ1v) is 8.10. The number of hydrogen-bond acceptors (Lipinski definition) is 4. The molecule has 3 nitrogen and oxygen atoms in total. The number of methoxy groups -OCH3 is 1. The lowest BCUT2D eigenvalue weighted by atomic mass is 10.0. The summed E-state index contributed by atoms with van der Waals surface area (Å²) in [5.74, 6) is 0.888. The molecule has 0 aliphatic rings. The predicted octanol–water partition coefficient (Wildman–Crippen LogP) is 4.59. The zero-order valence-electron chi connectivity index (χ0n) is 13.0. The maximum Gasteiger partial charge on any atom is 0.140 e. The van der Waals surface area contributed by atoms with Crippen LogP contribution in [0.5, 0.6) is 5.75 Å². The van der Waals surface area contributed by atoms with Crippen LogP contribution >= 0.6 is 11.3 Å². The molecule has 0 radical (unpaired) electrons. The molecule has 114 valence electrons. The topological polar surface area (TPSA) is 45.9 Å². The lowest BCUT2D eigenvalue weighted by Gasteiger charge is -2.07. The van der Waals surface area contributed by atoms with Crippen molar-refractivity contribution in [2.24, 2.45) is 0 Å². The molecule has 0 unspecified atom stereocenters. The molecule has 0 N–H and O–H groups in total. The van der Waals surface area contributed by atoms with Crippen LogP contribution in [0, 0.1) is 18.3 Å². The number of pyridine rings is 1. The van der Waals surface area contributed by atoms with Crippen molar-refractivity contribution in [3.63, 3.8) is 0 Å². The standard InChI is InChI=1S/C19H16N2OS/c1-13-3-6-17(22-2)9-15(13)10-18-7-8-19(23-18)14-4-5-16(11-20)21-12-14/h3-9,12H,10H2,1-2H3. The number of aryl methyl sites for hydroxylation is 1. The van der Waals surface area contributed by atoms with Gasteiger partial charge in [-0.25, -0.2) is 4.98 Å². The van der Waals surface area contributed by atoms with Gasteiger partial charge in [-0.3, -0.25) is 0 Å². The van der Waals surface area contributed by atoms with Crippen molar-refractivity contribution in [2.75, 3.05) is 7.11 Å².